The minimum absolute atomic E-state index is 0.153. The van der Waals surface area contributed by atoms with Crippen LogP contribution in [0.5, 0.6) is 0 Å². The van der Waals surface area contributed by atoms with E-state index in [0.717, 1.165) is 25.2 Å². The van der Waals surface area contributed by atoms with Crippen LogP contribution in [0.25, 0.3) is 0 Å². The summed E-state index contributed by atoms with van der Waals surface area (Å²) in [4.78, 5) is 14.1. The number of rotatable bonds is 3. The molecule has 0 saturated carbocycles. The van der Waals surface area contributed by atoms with E-state index in [1.807, 2.05) is 35.2 Å². The first-order chi connectivity index (χ1) is 8.66. The summed E-state index contributed by atoms with van der Waals surface area (Å²) in [7, 11) is 0. The van der Waals surface area contributed by atoms with Gasteiger partial charge in [-0.25, -0.2) is 0 Å². The maximum Gasteiger partial charge on any atom is 0.224 e. The van der Waals surface area contributed by atoms with Gasteiger partial charge in [0.15, 0.2) is 0 Å². The number of carbonyl (C=O) groups is 1. The van der Waals surface area contributed by atoms with Gasteiger partial charge in [-0.05, 0) is 12.5 Å². The van der Waals surface area contributed by atoms with Gasteiger partial charge in [0, 0.05) is 38.1 Å². The first kappa shape index (κ1) is 13.1. The van der Waals surface area contributed by atoms with Gasteiger partial charge in [0.1, 0.15) is 0 Å². The summed E-state index contributed by atoms with van der Waals surface area (Å²) in [6, 6.07) is 9.96. The SMILES string of the molecule is C[C@H]1CN(C(=O)C[C@@H](N)c2ccccc2)CCN1. The maximum atomic E-state index is 12.1. The van der Waals surface area contributed by atoms with Crippen LogP contribution in [0.3, 0.4) is 0 Å². The number of benzene rings is 1. The highest BCUT2D eigenvalue weighted by molar-refractivity contribution is 5.77. The molecule has 1 fully saturated rings. The molecule has 1 aliphatic heterocycles. The summed E-state index contributed by atoms with van der Waals surface area (Å²) >= 11 is 0. The number of nitrogens with zero attached hydrogens (tertiary/aromatic N) is 1. The van der Waals surface area contributed by atoms with Gasteiger partial charge in [0.2, 0.25) is 5.91 Å². The van der Waals surface area contributed by atoms with Gasteiger partial charge >= 0.3 is 0 Å². The van der Waals surface area contributed by atoms with Crippen LogP contribution in [0.15, 0.2) is 30.3 Å². The molecule has 0 radical (unpaired) electrons. The van der Waals surface area contributed by atoms with E-state index < -0.39 is 0 Å². The van der Waals surface area contributed by atoms with E-state index >= 15 is 0 Å². The van der Waals surface area contributed by atoms with Crippen molar-refractivity contribution in [2.45, 2.75) is 25.4 Å². The zero-order chi connectivity index (χ0) is 13.0. The number of carbonyl (C=O) groups excluding carboxylic acids is 1. The minimum atomic E-state index is -0.205. The zero-order valence-electron chi connectivity index (χ0n) is 10.8. The van der Waals surface area contributed by atoms with E-state index in [1.54, 1.807) is 0 Å². The second kappa shape index (κ2) is 5.98. The van der Waals surface area contributed by atoms with Crippen LogP contribution < -0.4 is 11.1 Å². The molecule has 98 valence electrons. The largest absolute Gasteiger partial charge is 0.340 e. The van der Waals surface area contributed by atoms with E-state index in [1.165, 1.54) is 0 Å². The summed E-state index contributed by atoms with van der Waals surface area (Å²) in [6.07, 6.45) is 0.386. The van der Waals surface area contributed by atoms with Gasteiger partial charge in [-0.15, -0.1) is 0 Å². The lowest BCUT2D eigenvalue weighted by molar-refractivity contribution is -0.132. The first-order valence-corrected chi connectivity index (χ1v) is 6.48. The Morgan fingerprint density at radius 3 is 2.89 bits per heavy atom. The molecule has 1 amide bonds. The predicted octanol–water partition coefficient (Wildman–Crippen LogP) is 0.897. The molecule has 4 heteroatoms. The van der Waals surface area contributed by atoms with Gasteiger partial charge in [0.25, 0.3) is 0 Å². The number of nitrogens with two attached hydrogens (primary N) is 1. The summed E-state index contributed by atoms with van der Waals surface area (Å²) < 4.78 is 0. The number of nitrogens with one attached hydrogen (secondary N) is 1. The Bertz CT molecular complexity index is 393. The number of hydrogen-bond acceptors (Lipinski definition) is 3. The van der Waals surface area contributed by atoms with E-state index in [-0.39, 0.29) is 11.9 Å². The molecule has 4 nitrogen and oxygen atoms in total. The molecule has 0 aromatic heterocycles. The topological polar surface area (TPSA) is 58.4 Å². The van der Waals surface area contributed by atoms with Gasteiger partial charge in [-0.1, -0.05) is 30.3 Å². The molecule has 2 atom stereocenters. The van der Waals surface area contributed by atoms with Crippen LogP contribution in [-0.4, -0.2) is 36.5 Å². The van der Waals surface area contributed by atoms with Crippen molar-refractivity contribution >= 4 is 5.91 Å². The third-order valence-electron chi connectivity index (χ3n) is 3.34. The number of piperazine rings is 1. The van der Waals surface area contributed by atoms with Crippen LogP contribution in [0.2, 0.25) is 0 Å². The zero-order valence-corrected chi connectivity index (χ0v) is 10.8. The molecule has 0 bridgehead atoms. The van der Waals surface area contributed by atoms with E-state index in [0.29, 0.717) is 12.5 Å². The normalized spacial score (nSPS) is 21.7. The smallest absolute Gasteiger partial charge is 0.224 e. The van der Waals surface area contributed by atoms with Crippen LogP contribution in [0.1, 0.15) is 24.9 Å². The van der Waals surface area contributed by atoms with Gasteiger partial charge < -0.3 is 16.0 Å². The van der Waals surface area contributed by atoms with E-state index in [9.17, 15) is 4.79 Å². The predicted molar refractivity (Wildman–Crippen MR) is 72.0 cm³/mol. The Morgan fingerprint density at radius 2 is 2.22 bits per heavy atom. The average Bonchev–Trinajstić information content (AvgIpc) is 2.39. The van der Waals surface area contributed by atoms with E-state index in [2.05, 4.69) is 12.2 Å². The lowest BCUT2D eigenvalue weighted by Crippen LogP contribution is -2.51. The van der Waals surface area contributed by atoms with Crippen LogP contribution in [0, 0.1) is 0 Å². The lowest BCUT2D eigenvalue weighted by Gasteiger charge is -2.32. The quantitative estimate of drug-likeness (QED) is 0.834. The van der Waals surface area contributed by atoms with Crippen molar-refractivity contribution in [3.63, 3.8) is 0 Å². The van der Waals surface area contributed by atoms with Crippen molar-refractivity contribution in [1.29, 1.82) is 0 Å². The molecule has 0 unspecified atom stereocenters. The fourth-order valence-electron chi connectivity index (χ4n) is 2.29. The molecular weight excluding hydrogens is 226 g/mol. The standard InChI is InChI=1S/C14H21N3O/c1-11-10-17(8-7-16-11)14(18)9-13(15)12-5-3-2-4-6-12/h2-6,11,13,16H,7-10,15H2,1H3/t11-,13+/m0/s1. The fourth-order valence-corrected chi connectivity index (χ4v) is 2.29. The molecule has 1 aromatic rings. The third kappa shape index (κ3) is 3.31. The second-order valence-corrected chi connectivity index (χ2v) is 4.92. The van der Waals surface area contributed by atoms with Crippen LogP contribution in [0.4, 0.5) is 0 Å². The molecule has 3 N–H and O–H groups in total. The number of amides is 1. The minimum Gasteiger partial charge on any atom is -0.340 e. The highest BCUT2D eigenvalue weighted by atomic mass is 16.2. The molecule has 1 saturated heterocycles. The summed E-state index contributed by atoms with van der Waals surface area (Å²) in [5.41, 5.74) is 7.10. The molecular formula is C14H21N3O. The molecule has 18 heavy (non-hydrogen) atoms. The Kier molecular flexibility index (Phi) is 4.33. The Balaban J connectivity index is 1.91. The second-order valence-electron chi connectivity index (χ2n) is 4.92. The Hall–Kier alpha value is -1.39. The molecule has 2 rings (SSSR count). The van der Waals surface area contributed by atoms with Crippen molar-refractivity contribution in [3.8, 4) is 0 Å². The third-order valence-corrected chi connectivity index (χ3v) is 3.34. The monoisotopic (exact) mass is 247 g/mol. The summed E-state index contributed by atoms with van der Waals surface area (Å²) in [6.45, 7) is 4.52. The Labute approximate surface area is 108 Å². The average molecular weight is 247 g/mol. The maximum absolute atomic E-state index is 12.1. The fraction of sp³-hybridized carbons (Fsp3) is 0.500. The van der Waals surface area contributed by atoms with Crippen molar-refractivity contribution in [2.75, 3.05) is 19.6 Å². The Morgan fingerprint density at radius 1 is 1.50 bits per heavy atom. The molecule has 1 aliphatic rings. The first-order valence-electron chi connectivity index (χ1n) is 6.48. The van der Waals surface area contributed by atoms with Gasteiger partial charge in [0.05, 0.1) is 0 Å². The molecule has 1 aromatic carbocycles. The van der Waals surface area contributed by atoms with Crippen molar-refractivity contribution < 1.29 is 4.79 Å². The highest BCUT2D eigenvalue weighted by Gasteiger charge is 2.22. The summed E-state index contributed by atoms with van der Waals surface area (Å²) in [5.74, 6) is 0.153. The van der Waals surface area contributed by atoms with Gasteiger partial charge in [-0.2, -0.15) is 0 Å². The molecule has 0 aliphatic carbocycles. The lowest BCUT2D eigenvalue weighted by atomic mass is 10.0. The van der Waals surface area contributed by atoms with Gasteiger partial charge in [-0.3, -0.25) is 4.79 Å². The summed E-state index contributed by atoms with van der Waals surface area (Å²) in [5, 5.41) is 3.33. The van der Waals surface area contributed by atoms with Crippen molar-refractivity contribution in [2.24, 2.45) is 5.73 Å². The number of hydrogen-bond donors (Lipinski definition) is 2. The molecule has 0 spiro atoms. The van der Waals surface area contributed by atoms with E-state index in [4.69, 9.17) is 5.73 Å². The van der Waals surface area contributed by atoms with Crippen molar-refractivity contribution in [3.05, 3.63) is 35.9 Å². The van der Waals surface area contributed by atoms with Crippen molar-refractivity contribution in [1.82, 2.24) is 10.2 Å². The highest BCUT2D eigenvalue weighted by Crippen LogP contribution is 2.15. The van der Waals surface area contributed by atoms with Crippen LogP contribution in [-0.2, 0) is 4.79 Å². The van der Waals surface area contributed by atoms with Crippen LogP contribution >= 0.6 is 0 Å². The molecule has 1 heterocycles.